The third-order valence-electron chi connectivity index (χ3n) is 7.83. The molecule has 0 amide bonds. The molecule has 2 bridgehead atoms. The maximum Gasteiger partial charge on any atom is 0.136 e. The monoisotopic (exact) mass is 402 g/mol. The predicted molar refractivity (Wildman–Crippen MR) is 128 cm³/mol. The smallest absolute Gasteiger partial charge is 0.136 e. The minimum absolute atomic E-state index is 0.541. The number of alkyl halides is 1. The van der Waals surface area contributed by atoms with Crippen molar-refractivity contribution < 1.29 is 4.39 Å². The Balaban J connectivity index is 1.59. The van der Waals surface area contributed by atoms with E-state index in [0.29, 0.717) is 18.8 Å². The van der Waals surface area contributed by atoms with Crippen molar-refractivity contribution in [1.82, 2.24) is 0 Å². The van der Waals surface area contributed by atoms with Crippen molar-refractivity contribution in [3.05, 3.63) is 96.1 Å². The van der Waals surface area contributed by atoms with Gasteiger partial charge in [-0.2, -0.15) is 0 Å². The van der Waals surface area contributed by atoms with Crippen molar-refractivity contribution in [1.29, 1.82) is 0 Å². The first-order chi connectivity index (χ1) is 15.2. The molecule has 3 aliphatic rings. The van der Waals surface area contributed by atoms with Gasteiger partial charge in [0.15, 0.2) is 0 Å². The molecule has 5 aromatic rings. The summed E-state index contributed by atoms with van der Waals surface area (Å²) in [5.41, 5.74) is 3.40. The van der Waals surface area contributed by atoms with Crippen LogP contribution in [0.2, 0.25) is 0 Å². The molecule has 0 heterocycles. The number of hydrogen-bond acceptors (Lipinski definition) is 0. The zero-order valence-corrected chi connectivity index (χ0v) is 17.4. The molecule has 1 fully saturated rings. The second-order valence-electron chi connectivity index (χ2n) is 9.36. The molecule has 0 spiro atoms. The van der Waals surface area contributed by atoms with Crippen LogP contribution in [0.1, 0.15) is 42.7 Å². The molecule has 0 nitrogen and oxygen atoms in total. The van der Waals surface area contributed by atoms with E-state index in [0.717, 1.165) is 24.0 Å². The van der Waals surface area contributed by atoms with Crippen LogP contribution in [0.4, 0.5) is 4.39 Å². The van der Waals surface area contributed by atoms with Gasteiger partial charge >= 0.3 is 0 Å². The first kappa shape index (κ1) is 17.5. The molecule has 5 aromatic carbocycles. The van der Waals surface area contributed by atoms with E-state index in [2.05, 4.69) is 84.9 Å². The summed E-state index contributed by atoms with van der Waals surface area (Å²) < 4.78 is 15.8. The third kappa shape index (κ3) is 2.35. The lowest BCUT2D eigenvalue weighted by Crippen LogP contribution is -2.34. The zero-order chi connectivity index (χ0) is 20.6. The fourth-order valence-corrected chi connectivity index (χ4v) is 6.32. The van der Waals surface area contributed by atoms with Crippen LogP contribution in [0.3, 0.4) is 0 Å². The first-order valence-corrected chi connectivity index (χ1v) is 11.4. The van der Waals surface area contributed by atoms with Crippen LogP contribution in [-0.4, -0.2) is 0 Å². The van der Waals surface area contributed by atoms with E-state index < -0.39 is 5.67 Å². The lowest BCUT2D eigenvalue weighted by molar-refractivity contribution is 0.0771. The fraction of sp³-hybridized carbons (Fsp3) is 0.200. The summed E-state index contributed by atoms with van der Waals surface area (Å²) in [6.45, 7) is 0. The molecule has 3 aliphatic carbocycles. The molecular weight excluding hydrogens is 379 g/mol. The van der Waals surface area contributed by atoms with E-state index in [9.17, 15) is 0 Å². The van der Waals surface area contributed by atoms with E-state index in [1.807, 2.05) is 0 Å². The highest BCUT2D eigenvalue weighted by Gasteiger charge is 2.45. The molecule has 0 aromatic heterocycles. The average molecular weight is 403 g/mol. The summed E-state index contributed by atoms with van der Waals surface area (Å²) in [7, 11) is 0. The van der Waals surface area contributed by atoms with Gasteiger partial charge in [0, 0.05) is 0 Å². The van der Waals surface area contributed by atoms with Crippen molar-refractivity contribution >= 4 is 32.3 Å². The van der Waals surface area contributed by atoms with Crippen LogP contribution in [0.5, 0.6) is 0 Å². The SMILES string of the molecule is FC12CCC(CC1)c1ccc(-c3cccc4c5ccccc5c5ccccc5c34)cc12. The molecule has 1 saturated carbocycles. The summed E-state index contributed by atoms with van der Waals surface area (Å²) in [5, 5.41) is 7.63. The predicted octanol–water partition coefficient (Wildman–Crippen LogP) is 8.65. The van der Waals surface area contributed by atoms with Crippen molar-refractivity contribution in [3.8, 4) is 11.1 Å². The summed E-state index contributed by atoms with van der Waals surface area (Å²) in [4.78, 5) is 0. The van der Waals surface area contributed by atoms with E-state index in [1.165, 1.54) is 43.4 Å². The number of rotatable bonds is 1. The van der Waals surface area contributed by atoms with E-state index in [-0.39, 0.29) is 0 Å². The van der Waals surface area contributed by atoms with E-state index in [1.54, 1.807) is 0 Å². The summed E-state index contributed by atoms with van der Waals surface area (Å²) >= 11 is 0. The van der Waals surface area contributed by atoms with Gasteiger partial charge < -0.3 is 0 Å². The molecule has 150 valence electrons. The molecule has 31 heavy (non-hydrogen) atoms. The summed E-state index contributed by atoms with van der Waals surface area (Å²) in [5.74, 6) is 0.541. The minimum atomic E-state index is -1.14. The topological polar surface area (TPSA) is 0 Å². The van der Waals surface area contributed by atoms with Gasteiger partial charge in [0.25, 0.3) is 0 Å². The lowest BCUT2D eigenvalue weighted by atomic mass is 9.65. The van der Waals surface area contributed by atoms with Crippen molar-refractivity contribution in [3.63, 3.8) is 0 Å². The van der Waals surface area contributed by atoms with Gasteiger partial charge in [-0.15, -0.1) is 0 Å². The second kappa shape index (κ2) is 6.17. The van der Waals surface area contributed by atoms with Gasteiger partial charge in [0.05, 0.1) is 0 Å². The lowest BCUT2D eigenvalue weighted by Gasteiger charge is -2.43. The molecule has 0 aliphatic heterocycles. The molecule has 0 saturated heterocycles. The Morgan fingerprint density at radius 3 is 1.90 bits per heavy atom. The maximum absolute atomic E-state index is 15.8. The molecule has 8 rings (SSSR count). The van der Waals surface area contributed by atoms with Crippen LogP contribution in [0, 0.1) is 0 Å². The standard InChI is InChI=1S/C30H23F/c31-30-16-14-19(15-17-30)21-13-12-20(18-28(21)30)22-10-5-11-27-25-7-2-1-6-23(25)24-8-3-4-9-26(24)29(22)27/h1-13,18-19H,14-17H2. The van der Waals surface area contributed by atoms with Crippen LogP contribution < -0.4 is 0 Å². The van der Waals surface area contributed by atoms with Crippen LogP contribution in [0.25, 0.3) is 43.4 Å². The molecule has 0 N–H and O–H groups in total. The Labute approximate surface area is 181 Å². The van der Waals surface area contributed by atoms with Gasteiger partial charge in [0.1, 0.15) is 5.67 Å². The minimum Gasteiger partial charge on any atom is -0.239 e. The molecule has 0 unspecified atom stereocenters. The Kier molecular flexibility index (Phi) is 3.48. The van der Waals surface area contributed by atoms with Gasteiger partial charge in [-0.1, -0.05) is 78.9 Å². The highest BCUT2D eigenvalue weighted by molar-refractivity contribution is 6.28. The van der Waals surface area contributed by atoms with E-state index >= 15 is 4.39 Å². The molecule has 0 radical (unpaired) electrons. The van der Waals surface area contributed by atoms with Gasteiger partial charge in [-0.05, 0) is 92.2 Å². The number of benzene rings is 5. The molecule has 1 heteroatoms. The summed E-state index contributed by atoms with van der Waals surface area (Å²) in [6.07, 6.45) is 3.34. The number of fused-ring (bicyclic) bond motifs is 8. The highest BCUT2D eigenvalue weighted by Crippen LogP contribution is 2.55. The quantitative estimate of drug-likeness (QED) is 0.246. The Morgan fingerprint density at radius 2 is 1.23 bits per heavy atom. The summed E-state index contributed by atoms with van der Waals surface area (Å²) in [6, 6.07) is 30.5. The Hall–Kier alpha value is -3.19. The number of halogens is 1. The van der Waals surface area contributed by atoms with Crippen molar-refractivity contribution in [2.24, 2.45) is 0 Å². The second-order valence-corrected chi connectivity index (χ2v) is 9.36. The normalized spacial score (nSPS) is 22.3. The maximum atomic E-state index is 15.8. The molecular formula is C30H23F. The zero-order valence-electron chi connectivity index (χ0n) is 17.4. The Bertz CT molecular complexity index is 1460. The van der Waals surface area contributed by atoms with Gasteiger partial charge in [0.2, 0.25) is 0 Å². The Morgan fingerprint density at radius 1 is 0.645 bits per heavy atom. The van der Waals surface area contributed by atoms with Crippen LogP contribution in [0.15, 0.2) is 84.9 Å². The molecule has 0 atom stereocenters. The van der Waals surface area contributed by atoms with E-state index in [4.69, 9.17) is 0 Å². The number of hydrogen-bond donors (Lipinski definition) is 0. The van der Waals surface area contributed by atoms with Crippen molar-refractivity contribution in [2.75, 3.05) is 0 Å². The van der Waals surface area contributed by atoms with Crippen LogP contribution in [-0.2, 0) is 5.67 Å². The van der Waals surface area contributed by atoms with Gasteiger partial charge in [-0.25, -0.2) is 4.39 Å². The largest absolute Gasteiger partial charge is 0.239 e. The van der Waals surface area contributed by atoms with Gasteiger partial charge in [-0.3, -0.25) is 0 Å². The highest BCUT2D eigenvalue weighted by atomic mass is 19.1. The van der Waals surface area contributed by atoms with Crippen molar-refractivity contribution in [2.45, 2.75) is 37.3 Å². The average Bonchev–Trinajstić information content (AvgIpc) is 2.84. The fourth-order valence-electron chi connectivity index (χ4n) is 6.32. The van der Waals surface area contributed by atoms with Crippen LogP contribution >= 0.6 is 0 Å². The third-order valence-corrected chi connectivity index (χ3v) is 7.83. The first-order valence-electron chi connectivity index (χ1n) is 11.4.